The van der Waals surface area contributed by atoms with Crippen LogP contribution in [0.15, 0.2) is 29.2 Å². The Labute approximate surface area is 142 Å². The summed E-state index contributed by atoms with van der Waals surface area (Å²) in [5.74, 6) is 1.80. The highest BCUT2D eigenvalue weighted by Crippen LogP contribution is 2.27. The van der Waals surface area contributed by atoms with Gasteiger partial charge in [-0.3, -0.25) is 4.79 Å². The molecule has 6 nitrogen and oxygen atoms in total. The average molecular weight is 353 g/mol. The van der Waals surface area contributed by atoms with E-state index in [0.717, 1.165) is 22.4 Å². The molecule has 0 radical (unpaired) electrons. The molecule has 134 valence electrons. The van der Waals surface area contributed by atoms with Crippen molar-refractivity contribution >= 4 is 5.82 Å². The topological polar surface area (TPSA) is 63.9 Å². The lowest BCUT2D eigenvalue weighted by Crippen LogP contribution is -2.50. The largest absolute Gasteiger partial charge is 0.435 e. The fraction of sp³-hybridized carbons (Fsp3) is 0.500. The number of halogens is 3. The van der Waals surface area contributed by atoms with E-state index in [4.69, 9.17) is 0 Å². The van der Waals surface area contributed by atoms with E-state index >= 15 is 0 Å². The van der Waals surface area contributed by atoms with Gasteiger partial charge in [0.1, 0.15) is 11.6 Å². The molecule has 3 rings (SSSR count). The Hall–Kier alpha value is -2.45. The van der Waals surface area contributed by atoms with Crippen molar-refractivity contribution in [2.45, 2.75) is 32.5 Å². The summed E-state index contributed by atoms with van der Waals surface area (Å²) in [4.78, 5) is 22.4. The van der Waals surface area contributed by atoms with Gasteiger partial charge in [0, 0.05) is 37.2 Å². The molecule has 0 bridgehead atoms. The number of nitrogens with zero attached hydrogens (tertiary/aromatic N) is 5. The number of alkyl halides is 3. The molecule has 0 amide bonds. The minimum absolute atomic E-state index is 0.0474. The molecule has 25 heavy (non-hydrogen) atoms. The second-order valence-electron chi connectivity index (χ2n) is 6.44. The lowest BCUT2D eigenvalue weighted by molar-refractivity contribution is -0.142. The van der Waals surface area contributed by atoms with E-state index < -0.39 is 17.4 Å². The van der Waals surface area contributed by atoms with Crippen LogP contribution in [0.4, 0.5) is 19.0 Å². The van der Waals surface area contributed by atoms with Crippen LogP contribution in [-0.4, -0.2) is 32.8 Å². The zero-order valence-corrected chi connectivity index (χ0v) is 13.9. The maximum Gasteiger partial charge on any atom is 0.435 e. The van der Waals surface area contributed by atoms with E-state index in [0.29, 0.717) is 19.2 Å². The molecule has 1 aliphatic heterocycles. The standard InChI is InChI=1S/C16H18F3N5O/c1-10(2)15-20-6-5-13(21-15)23-7-11(8-23)9-24-14(25)4-3-12(22-24)16(17,18)19/h3-6,10-11H,7-9H2,1-2H3. The predicted octanol–water partition coefficient (Wildman–Crippen LogP) is 2.31. The van der Waals surface area contributed by atoms with Gasteiger partial charge in [0.05, 0.1) is 6.54 Å². The number of anilines is 1. The minimum Gasteiger partial charge on any atom is -0.356 e. The van der Waals surface area contributed by atoms with E-state index in [9.17, 15) is 18.0 Å². The van der Waals surface area contributed by atoms with E-state index in [1.165, 1.54) is 0 Å². The summed E-state index contributed by atoms with van der Waals surface area (Å²) in [5.41, 5.74) is -1.59. The molecule has 3 heterocycles. The molecular formula is C16H18F3N5O. The number of hydrogen-bond acceptors (Lipinski definition) is 5. The molecule has 0 aliphatic carbocycles. The Morgan fingerprint density at radius 2 is 1.96 bits per heavy atom. The molecule has 0 N–H and O–H groups in total. The summed E-state index contributed by atoms with van der Waals surface area (Å²) in [6, 6.07) is 3.42. The van der Waals surface area contributed by atoms with Crippen LogP contribution in [0.3, 0.4) is 0 Å². The monoisotopic (exact) mass is 353 g/mol. The fourth-order valence-electron chi connectivity index (χ4n) is 2.67. The summed E-state index contributed by atoms with van der Waals surface area (Å²) >= 11 is 0. The van der Waals surface area contributed by atoms with Crippen LogP contribution in [0.5, 0.6) is 0 Å². The van der Waals surface area contributed by atoms with Crippen molar-refractivity contribution in [3.63, 3.8) is 0 Å². The van der Waals surface area contributed by atoms with Crippen LogP contribution in [0.25, 0.3) is 0 Å². The highest BCUT2D eigenvalue weighted by Gasteiger charge is 2.34. The summed E-state index contributed by atoms with van der Waals surface area (Å²) < 4.78 is 39.1. The lowest BCUT2D eigenvalue weighted by atomic mass is 10.0. The van der Waals surface area contributed by atoms with Gasteiger partial charge in [0.15, 0.2) is 5.69 Å². The molecule has 2 aromatic rings. The summed E-state index contributed by atoms with van der Waals surface area (Å²) in [5, 5.41) is 3.44. The third kappa shape index (κ3) is 3.80. The normalized spacial score (nSPS) is 15.5. The Kier molecular flexibility index (Phi) is 4.49. The molecule has 9 heteroatoms. The van der Waals surface area contributed by atoms with E-state index in [1.54, 1.807) is 12.3 Å². The quantitative estimate of drug-likeness (QED) is 0.844. The number of aromatic nitrogens is 4. The predicted molar refractivity (Wildman–Crippen MR) is 85.3 cm³/mol. The summed E-state index contributed by atoms with van der Waals surface area (Å²) in [6.07, 6.45) is -2.86. The maximum absolute atomic E-state index is 12.7. The van der Waals surface area contributed by atoms with Crippen molar-refractivity contribution in [3.8, 4) is 0 Å². The Morgan fingerprint density at radius 1 is 1.24 bits per heavy atom. The van der Waals surface area contributed by atoms with Gasteiger partial charge in [0.25, 0.3) is 5.56 Å². The maximum atomic E-state index is 12.7. The second kappa shape index (κ2) is 6.45. The van der Waals surface area contributed by atoms with Crippen LogP contribution < -0.4 is 10.5 Å². The van der Waals surface area contributed by atoms with Gasteiger partial charge >= 0.3 is 6.18 Å². The molecule has 0 unspecified atom stereocenters. The van der Waals surface area contributed by atoms with Gasteiger partial charge in [-0.05, 0) is 12.1 Å². The van der Waals surface area contributed by atoms with Gasteiger partial charge < -0.3 is 4.90 Å². The molecule has 0 aromatic carbocycles. The number of rotatable bonds is 4. The number of hydrogen-bond donors (Lipinski definition) is 0. The SMILES string of the molecule is CC(C)c1nccc(N2CC(Cn3nc(C(F)(F)F)ccc3=O)C2)n1. The van der Waals surface area contributed by atoms with Crippen molar-refractivity contribution < 1.29 is 13.2 Å². The van der Waals surface area contributed by atoms with E-state index in [2.05, 4.69) is 15.1 Å². The second-order valence-corrected chi connectivity index (χ2v) is 6.44. The van der Waals surface area contributed by atoms with Gasteiger partial charge in [-0.2, -0.15) is 18.3 Å². The Bertz CT molecular complexity index is 812. The highest BCUT2D eigenvalue weighted by molar-refractivity contribution is 5.41. The molecule has 1 aliphatic rings. The molecule has 1 fully saturated rings. The first-order valence-electron chi connectivity index (χ1n) is 7.97. The fourth-order valence-corrected chi connectivity index (χ4v) is 2.67. The zero-order chi connectivity index (χ0) is 18.2. The van der Waals surface area contributed by atoms with Crippen molar-refractivity contribution in [3.05, 3.63) is 46.3 Å². The first kappa shape index (κ1) is 17.4. The van der Waals surface area contributed by atoms with Gasteiger partial charge in [-0.1, -0.05) is 13.8 Å². The van der Waals surface area contributed by atoms with Gasteiger partial charge in [0.2, 0.25) is 0 Å². The van der Waals surface area contributed by atoms with Gasteiger partial charge in [-0.25, -0.2) is 14.6 Å². The molecule has 0 atom stereocenters. The minimum atomic E-state index is -4.56. The van der Waals surface area contributed by atoms with Crippen LogP contribution in [-0.2, 0) is 12.7 Å². The third-order valence-electron chi connectivity index (χ3n) is 4.05. The molecule has 1 saturated heterocycles. The van der Waals surface area contributed by atoms with E-state index in [1.807, 2.05) is 18.7 Å². The van der Waals surface area contributed by atoms with Crippen LogP contribution in [0.2, 0.25) is 0 Å². The van der Waals surface area contributed by atoms with E-state index in [-0.39, 0.29) is 18.4 Å². The first-order chi connectivity index (χ1) is 11.7. The Balaban J connectivity index is 1.66. The molecule has 0 spiro atoms. The van der Waals surface area contributed by atoms with Crippen LogP contribution in [0, 0.1) is 5.92 Å². The smallest absolute Gasteiger partial charge is 0.356 e. The van der Waals surface area contributed by atoms with Crippen LogP contribution >= 0.6 is 0 Å². The lowest BCUT2D eigenvalue weighted by Gasteiger charge is -2.40. The Morgan fingerprint density at radius 3 is 2.60 bits per heavy atom. The third-order valence-corrected chi connectivity index (χ3v) is 4.05. The van der Waals surface area contributed by atoms with Crippen LogP contribution in [0.1, 0.15) is 31.3 Å². The molecule has 0 saturated carbocycles. The zero-order valence-electron chi connectivity index (χ0n) is 13.9. The summed E-state index contributed by atoms with van der Waals surface area (Å²) in [7, 11) is 0. The molecular weight excluding hydrogens is 335 g/mol. The van der Waals surface area contributed by atoms with Crippen molar-refractivity contribution in [1.82, 2.24) is 19.7 Å². The van der Waals surface area contributed by atoms with Crippen molar-refractivity contribution in [2.24, 2.45) is 5.92 Å². The van der Waals surface area contributed by atoms with Crippen molar-refractivity contribution in [1.29, 1.82) is 0 Å². The first-order valence-corrected chi connectivity index (χ1v) is 7.97. The van der Waals surface area contributed by atoms with Crippen molar-refractivity contribution in [2.75, 3.05) is 18.0 Å². The van der Waals surface area contributed by atoms with Gasteiger partial charge in [-0.15, -0.1) is 0 Å². The summed E-state index contributed by atoms with van der Waals surface area (Å²) in [6.45, 7) is 5.38. The average Bonchev–Trinajstić information content (AvgIpc) is 2.51. The molecule has 2 aromatic heterocycles. The highest BCUT2D eigenvalue weighted by atomic mass is 19.4.